The summed E-state index contributed by atoms with van der Waals surface area (Å²) in [5.74, 6) is 0.548. The molecule has 0 unspecified atom stereocenters. The highest BCUT2D eigenvalue weighted by atomic mass is 35.5. The molecule has 6 heteroatoms. The van der Waals surface area contributed by atoms with Crippen molar-refractivity contribution in [2.24, 2.45) is 5.92 Å². The molecule has 2 aliphatic heterocycles. The smallest absolute Gasteiger partial charge is 0.224 e. The van der Waals surface area contributed by atoms with Gasteiger partial charge >= 0.3 is 0 Å². The Morgan fingerprint density at radius 1 is 1.12 bits per heavy atom. The van der Waals surface area contributed by atoms with Crippen molar-refractivity contribution in [2.75, 3.05) is 44.7 Å². The zero-order valence-electron chi connectivity index (χ0n) is 18.9. The third kappa shape index (κ3) is 6.32. The van der Waals surface area contributed by atoms with E-state index in [2.05, 4.69) is 27.2 Å². The molecule has 2 aliphatic rings. The van der Waals surface area contributed by atoms with E-state index in [1.54, 1.807) is 0 Å². The van der Waals surface area contributed by atoms with Crippen LogP contribution in [0, 0.1) is 12.8 Å². The molecule has 0 aromatic heterocycles. The molecular formula is C26H34ClN3O2. The van der Waals surface area contributed by atoms with E-state index in [4.69, 9.17) is 16.3 Å². The summed E-state index contributed by atoms with van der Waals surface area (Å²) in [6.07, 6.45) is 2.55. The first-order chi connectivity index (χ1) is 15.6. The van der Waals surface area contributed by atoms with Gasteiger partial charge in [-0.25, -0.2) is 0 Å². The molecule has 1 N–H and O–H groups in total. The van der Waals surface area contributed by atoms with Crippen LogP contribution < -0.4 is 5.32 Å². The van der Waals surface area contributed by atoms with Gasteiger partial charge in [-0.1, -0.05) is 41.9 Å². The summed E-state index contributed by atoms with van der Waals surface area (Å²) in [6, 6.07) is 16.6. The van der Waals surface area contributed by atoms with Crippen molar-refractivity contribution in [3.8, 4) is 0 Å². The summed E-state index contributed by atoms with van der Waals surface area (Å²) in [5.41, 5.74) is 3.20. The van der Waals surface area contributed by atoms with Crippen molar-refractivity contribution < 1.29 is 9.53 Å². The predicted molar refractivity (Wildman–Crippen MR) is 130 cm³/mol. The Balaban J connectivity index is 1.39. The Morgan fingerprint density at radius 2 is 1.94 bits per heavy atom. The number of rotatable bonds is 7. The number of hydrogen-bond acceptors (Lipinski definition) is 4. The molecule has 2 saturated heterocycles. The number of amides is 1. The molecule has 4 rings (SSSR count). The molecule has 32 heavy (non-hydrogen) atoms. The number of anilines is 1. The van der Waals surface area contributed by atoms with Crippen LogP contribution in [0.25, 0.3) is 0 Å². The Labute approximate surface area is 196 Å². The molecular weight excluding hydrogens is 422 g/mol. The minimum absolute atomic E-state index is 0.0968. The standard InChI is InChI=1S/C26H34ClN3O2/c1-20-5-4-7-23(17-20)28-26(31)10-9-22-19-29(18-21-6-2-3-8-24(21)27)12-11-25(22)30-13-15-32-16-14-30/h2-8,17,22,25H,9-16,18-19H2,1H3,(H,28,31)/t22-,25+/m0/s1. The molecule has 5 nitrogen and oxygen atoms in total. The van der Waals surface area contributed by atoms with E-state index in [-0.39, 0.29) is 5.91 Å². The van der Waals surface area contributed by atoms with Gasteiger partial charge < -0.3 is 10.1 Å². The lowest BCUT2D eigenvalue weighted by Gasteiger charge is -2.45. The fraction of sp³-hybridized carbons (Fsp3) is 0.500. The number of halogens is 1. The van der Waals surface area contributed by atoms with Crippen molar-refractivity contribution in [3.05, 3.63) is 64.7 Å². The van der Waals surface area contributed by atoms with Crippen molar-refractivity contribution in [1.29, 1.82) is 0 Å². The van der Waals surface area contributed by atoms with E-state index in [1.807, 2.05) is 43.3 Å². The molecule has 2 fully saturated rings. The van der Waals surface area contributed by atoms with Crippen LogP contribution in [0.5, 0.6) is 0 Å². The van der Waals surface area contributed by atoms with E-state index in [0.717, 1.165) is 75.1 Å². The maximum atomic E-state index is 12.7. The fourth-order valence-electron chi connectivity index (χ4n) is 5.04. The van der Waals surface area contributed by atoms with E-state index in [9.17, 15) is 4.79 Å². The van der Waals surface area contributed by atoms with Gasteiger partial charge in [0.2, 0.25) is 5.91 Å². The Bertz CT molecular complexity index is 900. The maximum Gasteiger partial charge on any atom is 0.224 e. The Hall–Kier alpha value is -1.92. The quantitative estimate of drug-likeness (QED) is 0.663. The number of benzene rings is 2. The zero-order chi connectivity index (χ0) is 22.3. The number of morpholine rings is 1. The average Bonchev–Trinajstić information content (AvgIpc) is 2.80. The second-order valence-electron chi connectivity index (χ2n) is 9.05. The van der Waals surface area contributed by atoms with Gasteiger partial charge in [-0.2, -0.15) is 0 Å². The van der Waals surface area contributed by atoms with E-state index >= 15 is 0 Å². The SMILES string of the molecule is Cc1cccc(NC(=O)CC[C@H]2CN(Cc3ccccc3Cl)CC[C@H]2N2CCOCC2)c1. The van der Waals surface area contributed by atoms with Crippen LogP contribution in [0.4, 0.5) is 5.69 Å². The van der Waals surface area contributed by atoms with Gasteiger partial charge in [0.25, 0.3) is 0 Å². The summed E-state index contributed by atoms with van der Waals surface area (Å²) in [4.78, 5) is 17.8. The second kappa shape index (κ2) is 11.3. The lowest BCUT2D eigenvalue weighted by molar-refractivity contribution is -0.116. The Morgan fingerprint density at radius 3 is 2.72 bits per heavy atom. The molecule has 1 amide bonds. The highest BCUT2D eigenvalue weighted by Crippen LogP contribution is 2.29. The predicted octanol–water partition coefficient (Wildman–Crippen LogP) is 4.59. The van der Waals surface area contributed by atoms with Crippen LogP contribution in [0.15, 0.2) is 48.5 Å². The highest BCUT2D eigenvalue weighted by Gasteiger charge is 2.34. The van der Waals surface area contributed by atoms with E-state index in [0.29, 0.717) is 18.4 Å². The average molecular weight is 456 g/mol. The van der Waals surface area contributed by atoms with Crippen LogP contribution in [0.3, 0.4) is 0 Å². The first-order valence-electron chi connectivity index (χ1n) is 11.7. The molecule has 2 aromatic rings. The molecule has 2 aromatic carbocycles. The molecule has 0 spiro atoms. The number of nitrogens with zero attached hydrogens (tertiary/aromatic N) is 2. The molecule has 172 valence electrons. The van der Waals surface area contributed by atoms with Crippen LogP contribution in [0.1, 0.15) is 30.4 Å². The molecule has 0 aliphatic carbocycles. The van der Waals surface area contributed by atoms with Crippen molar-refractivity contribution in [1.82, 2.24) is 9.80 Å². The first kappa shape index (κ1) is 23.2. The summed E-state index contributed by atoms with van der Waals surface area (Å²) in [7, 11) is 0. The third-order valence-corrected chi connectivity index (χ3v) is 7.06. The zero-order valence-corrected chi connectivity index (χ0v) is 19.7. The maximum absolute atomic E-state index is 12.7. The minimum Gasteiger partial charge on any atom is -0.379 e. The summed E-state index contributed by atoms with van der Waals surface area (Å²) >= 11 is 6.42. The molecule has 0 bridgehead atoms. The summed E-state index contributed by atoms with van der Waals surface area (Å²) in [5, 5.41) is 3.90. The van der Waals surface area contributed by atoms with Crippen molar-refractivity contribution in [2.45, 2.75) is 38.8 Å². The topological polar surface area (TPSA) is 44.8 Å². The monoisotopic (exact) mass is 455 g/mol. The third-order valence-electron chi connectivity index (χ3n) is 6.69. The number of hydrogen-bond donors (Lipinski definition) is 1. The van der Waals surface area contributed by atoms with Crippen LogP contribution in [0.2, 0.25) is 5.02 Å². The number of ether oxygens (including phenoxy) is 1. The van der Waals surface area contributed by atoms with Gasteiger partial charge in [-0.3, -0.25) is 14.6 Å². The second-order valence-corrected chi connectivity index (χ2v) is 9.45. The lowest BCUT2D eigenvalue weighted by Crippen LogP contribution is -2.53. The van der Waals surface area contributed by atoms with Gasteiger partial charge in [-0.05, 0) is 61.6 Å². The summed E-state index contributed by atoms with van der Waals surface area (Å²) in [6.45, 7) is 8.53. The number of nitrogens with one attached hydrogen (secondary N) is 1. The van der Waals surface area contributed by atoms with Crippen LogP contribution >= 0.6 is 11.6 Å². The van der Waals surface area contributed by atoms with Gasteiger partial charge in [0.15, 0.2) is 0 Å². The van der Waals surface area contributed by atoms with Gasteiger partial charge in [-0.15, -0.1) is 0 Å². The highest BCUT2D eigenvalue weighted by molar-refractivity contribution is 6.31. The van der Waals surface area contributed by atoms with Crippen molar-refractivity contribution in [3.63, 3.8) is 0 Å². The van der Waals surface area contributed by atoms with E-state index in [1.165, 1.54) is 5.56 Å². The number of aryl methyl sites for hydroxylation is 1. The Kier molecular flexibility index (Phi) is 8.20. The number of piperidine rings is 1. The molecule has 2 heterocycles. The van der Waals surface area contributed by atoms with Crippen LogP contribution in [-0.2, 0) is 16.1 Å². The largest absolute Gasteiger partial charge is 0.379 e. The number of likely N-dealkylation sites (tertiary alicyclic amines) is 1. The fourth-order valence-corrected chi connectivity index (χ4v) is 5.24. The van der Waals surface area contributed by atoms with Gasteiger partial charge in [0.1, 0.15) is 0 Å². The number of carbonyl (C=O) groups excluding carboxylic acids is 1. The van der Waals surface area contributed by atoms with Gasteiger partial charge in [0, 0.05) is 49.4 Å². The number of carbonyl (C=O) groups is 1. The molecule has 0 radical (unpaired) electrons. The normalized spacial score (nSPS) is 22.6. The van der Waals surface area contributed by atoms with Crippen molar-refractivity contribution >= 4 is 23.2 Å². The molecule has 0 saturated carbocycles. The van der Waals surface area contributed by atoms with Crippen LogP contribution in [-0.4, -0.2) is 61.1 Å². The van der Waals surface area contributed by atoms with Gasteiger partial charge in [0.05, 0.1) is 13.2 Å². The lowest BCUT2D eigenvalue weighted by atomic mass is 9.86. The first-order valence-corrected chi connectivity index (χ1v) is 12.1. The minimum atomic E-state index is 0.0968. The summed E-state index contributed by atoms with van der Waals surface area (Å²) < 4.78 is 5.58. The molecule has 2 atom stereocenters. The van der Waals surface area contributed by atoms with E-state index < -0.39 is 0 Å².